The number of benzene rings is 2. The summed E-state index contributed by atoms with van der Waals surface area (Å²) >= 11 is 0. The van der Waals surface area contributed by atoms with Gasteiger partial charge >= 0.3 is 6.61 Å². The van der Waals surface area contributed by atoms with Gasteiger partial charge in [0.1, 0.15) is 5.75 Å². The van der Waals surface area contributed by atoms with Crippen LogP contribution in [0.15, 0.2) is 66.9 Å². The Hall–Kier alpha value is -3.61. The Labute approximate surface area is 159 Å². The molecule has 2 heterocycles. The van der Waals surface area contributed by atoms with E-state index in [-0.39, 0.29) is 24.1 Å². The first kappa shape index (κ1) is 17.8. The molecule has 2 amide bonds. The van der Waals surface area contributed by atoms with Gasteiger partial charge in [-0.25, -0.2) is 0 Å². The van der Waals surface area contributed by atoms with Crippen LogP contribution in [0.2, 0.25) is 0 Å². The van der Waals surface area contributed by atoms with Crippen molar-refractivity contribution in [2.45, 2.75) is 13.2 Å². The molecule has 28 heavy (non-hydrogen) atoms. The second-order valence-electron chi connectivity index (χ2n) is 6.20. The molecule has 140 valence electrons. The minimum atomic E-state index is -2.87. The van der Waals surface area contributed by atoms with Crippen LogP contribution in [-0.2, 0) is 6.54 Å². The number of halogens is 2. The number of carbonyl (C=O) groups is 2. The molecule has 2 aromatic carbocycles. The molecule has 7 heteroatoms. The Morgan fingerprint density at radius 1 is 0.893 bits per heavy atom. The number of hydrogen-bond donors (Lipinski definition) is 0. The molecule has 0 atom stereocenters. The van der Waals surface area contributed by atoms with Crippen molar-refractivity contribution >= 4 is 11.8 Å². The van der Waals surface area contributed by atoms with Gasteiger partial charge in [0, 0.05) is 11.8 Å². The van der Waals surface area contributed by atoms with Crippen LogP contribution in [0.5, 0.6) is 5.75 Å². The van der Waals surface area contributed by atoms with Crippen LogP contribution in [0.4, 0.5) is 8.78 Å². The van der Waals surface area contributed by atoms with Crippen LogP contribution in [0.1, 0.15) is 26.3 Å². The number of hydrogen-bond acceptors (Lipinski definition) is 4. The van der Waals surface area contributed by atoms with Crippen molar-refractivity contribution in [3.8, 4) is 17.0 Å². The molecule has 0 spiro atoms. The van der Waals surface area contributed by atoms with Crippen LogP contribution in [0.3, 0.4) is 0 Å². The molecule has 4 rings (SSSR count). The number of pyridine rings is 1. The fourth-order valence-corrected chi connectivity index (χ4v) is 3.06. The molecule has 0 saturated heterocycles. The van der Waals surface area contributed by atoms with Gasteiger partial charge in [-0.1, -0.05) is 18.2 Å². The van der Waals surface area contributed by atoms with Gasteiger partial charge in [-0.2, -0.15) is 8.78 Å². The van der Waals surface area contributed by atoms with Crippen molar-refractivity contribution < 1.29 is 23.1 Å². The van der Waals surface area contributed by atoms with Crippen molar-refractivity contribution in [1.82, 2.24) is 9.88 Å². The van der Waals surface area contributed by atoms with E-state index in [9.17, 15) is 18.4 Å². The maximum Gasteiger partial charge on any atom is 0.387 e. The van der Waals surface area contributed by atoms with Gasteiger partial charge < -0.3 is 4.74 Å². The first-order valence-electron chi connectivity index (χ1n) is 8.48. The maximum absolute atomic E-state index is 12.4. The van der Waals surface area contributed by atoms with E-state index in [1.807, 2.05) is 0 Å². The molecule has 5 nitrogen and oxygen atoms in total. The number of fused-ring (bicyclic) bond motifs is 1. The van der Waals surface area contributed by atoms with Crippen LogP contribution in [-0.4, -0.2) is 28.3 Å². The van der Waals surface area contributed by atoms with E-state index < -0.39 is 6.61 Å². The maximum atomic E-state index is 12.4. The summed E-state index contributed by atoms with van der Waals surface area (Å²) in [6, 6.07) is 16.4. The Bertz CT molecular complexity index is 999. The van der Waals surface area contributed by atoms with E-state index in [1.54, 1.807) is 54.7 Å². The minimum Gasteiger partial charge on any atom is -0.435 e. The number of rotatable bonds is 5. The molecule has 0 unspecified atom stereocenters. The summed E-state index contributed by atoms with van der Waals surface area (Å²) in [6.45, 7) is -2.74. The van der Waals surface area contributed by atoms with Crippen LogP contribution < -0.4 is 4.74 Å². The largest absolute Gasteiger partial charge is 0.435 e. The number of amides is 2. The van der Waals surface area contributed by atoms with Crippen LogP contribution in [0, 0.1) is 0 Å². The van der Waals surface area contributed by atoms with E-state index in [0.717, 1.165) is 5.56 Å². The highest BCUT2D eigenvalue weighted by Gasteiger charge is 2.34. The van der Waals surface area contributed by atoms with Crippen LogP contribution >= 0.6 is 0 Å². The molecule has 0 fully saturated rings. The van der Waals surface area contributed by atoms with E-state index in [4.69, 9.17) is 0 Å². The lowest BCUT2D eigenvalue weighted by Gasteiger charge is -2.14. The van der Waals surface area contributed by atoms with Gasteiger partial charge in [-0.05, 0) is 48.0 Å². The number of alkyl halides is 2. The predicted molar refractivity (Wildman–Crippen MR) is 97.0 cm³/mol. The normalized spacial score (nSPS) is 13.2. The molecule has 0 bridgehead atoms. The third-order valence-corrected chi connectivity index (χ3v) is 4.42. The Morgan fingerprint density at radius 3 is 2.07 bits per heavy atom. The van der Waals surface area contributed by atoms with Gasteiger partial charge in [0.05, 0.1) is 23.4 Å². The SMILES string of the molecule is O=C1c2ccccc2C(=O)N1Cc1ccc(-c2ccc(OC(F)F)cc2)nc1. The van der Waals surface area contributed by atoms with E-state index in [2.05, 4.69) is 9.72 Å². The molecule has 0 N–H and O–H groups in total. The zero-order valence-electron chi connectivity index (χ0n) is 14.5. The molecule has 1 aliphatic heterocycles. The Balaban J connectivity index is 1.48. The first-order chi connectivity index (χ1) is 13.5. The smallest absolute Gasteiger partial charge is 0.387 e. The highest BCUT2D eigenvalue weighted by atomic mass is 19.3. The Morgan fingerprint density at radius 2 is 1.54 bits per heavy atom. The van der Waals surface area contributed by atoms with E-state index in [1.165, 1.54) is 17.0 Å². The molecule has 1 aliphatic rings. The number of ether oxygens (including phenoxy) is 1. The van der Waals surface area contributed by atoms with Crippen molar-refractivity contribution in [3.63, 3.8) is 0 Å². The highest BCUT2D eigenvalue weighted by molar-refractivity contribution is 6.21. The summed E-state index contributed by atoms with van der Waals surface area (Å²) in [7, 11) is 0. The Kier molecular flexibility index (Phi) is 4.57. The van der Waals surface area contributed by atoms with Gasteiger partial charge in [-0.3, -0.25) is 19.5 Å². The summed E-state index contributed by atoms with van der Waals surface area (Å²) in [5, 5.41) is 0. The lowest BCUT2D eigenvalue weighted by molar-refractivity contribution is -0.0498. The topological polar surface area (TPSA) is 59.5 Å². The van der Waals surface area contributed by atoms with E-state index >= 15 is 0 Å². The molecule has 0 aliphatic carbocycles. The van der Waals surface area contributed by atoms with Crippen molar-refractivity contribution in [2.24, 2.45) is 0 Å². The van der Waals surface area contributed by atoms with Gasteiger partial charge in [0.15, 0.2) is 0 Å². The molecule has 3 aromatic rings. The van der Waals surface area contributed by atoms with Crippen molar-refractivity contribution in [2.75, 3.05) is 0 Å². The third kappa shape index (κ3) is 3.34. The minimum absolute atomic E-state index is 0.0704. The van der Waals surface area contributed by atoms with Crippen molar-refractivity contribution in [1.29, 1.82) is 0 Å². The standard InChI is InChI=1S/C21H14F2N2O3/c22-21(23)28-15-8-6-14(7-9-15)18-10-5-13(11-24-18)12-25-19(26)16-3-1-2-4-17(16)20(25)27/h1-11,21H,12H2. The fraction of sp³-hybridized carbons (Fsp3) is 0.0952. The fourth-order valence-electron chi connectivity index (χ4n) is 3.06. The molecule has 0 radical (unpaired) electrons. The highest BCUT2D eigenvalue weighted by Crippen LogP contribution is 2.25. The number of imide groups is 1. The third-order valence-electron chi connectivity index (χ3n) is 4.42. The van der Waals surface area contributed by atoms with E-state index in [0.29, 0.717) is 22.4 Å². The zero-order valence-corrected chi connectivity index (χ0v) is 14.5. The lowest BCUT2D eigenvalue weighted by atomic mass is 10.1. The second kappa shape index (κ2) is 7.19. The summed E-state index contributed by atoms with van der Waals surface area (Å²) in [6.07, 6.45) is 1.59. The van der Waals surface area contributed by atoms with Gasteiger partial charge in [0.2, 0.25) is 0 Å². The number of carbonyl (C=O) groups excluding carboxylic acids is 2. The molecule has 1 aromatic heterocycles. The van der Waals surface area contributed by atoms with Crippen molar-refractivity contribution in [3.05, 3.63) is 83.6 Å². The lowest BCUT2D eigenvalue weighted by Crippen LogP contribution is -2.29. The molecule has 0 saturated carbocycles. The summed E-state index contributed by atoms with van der Waals surface area (Å²) in [5.74, 6) is -0.570. The van der Waals surface area contributed by atoms with Crippen LogP contribution in [0.25, 0.3) is 11.3 Å². The average molecular weight is 380 g/mol. The predicted octanol–water partition coefficient (Wildman–Crippen LogP) is 4.15. The van der Waals surface area contributed by atoms with Gasteiger partial charge in [-0.15, -0.1) is 0 Å². The quantitative estimate of drug-likeness (QED) is 0.624. The monoisotopic (exact) mass is 380 g/mol. The molecular weight excluding hydrogens is 366 g/mol. The average Bonchev–Trinajstić information content (AvgIpc) is 2.94. The number of nitrogens with zero attached hydrogens (tertiary/aromatic N) is 2. The zero-order chi connectivity index (χ0) is 19.7. The summed E-state index contributed by atoms with van der Waals surface area (Å²) < 4.78 is 28.7. The summed E-state index contributed by atoms with van der Waals surface area (Å²) in [5.41, 5.74) is 2.88. The molecular formula is C21H14F2N2O3. The van der Waals surface area contributed by atoms with Gasteiger partial charge in [0.25, 0.3) is 11.8 Å². The second-order valence-corrected chi connectivity index (χ2v) is 6.20. The first-order valence-corrected chi connectivity index (χ1v) is 8.48. The summed E-state index contributed by atoms with van der Waals surface area (Å²) in [4.78, 5) is 30.4. The number of aromatic nitrogens is 1.